The van der Waals surface area contributed by atoms with Gasteiger partial charge in [0.05, 0.1) is 6.10 Å². The Hall–Kier alpha value is -0.550. The zero-order valence-corrected chi connectivity index (χ0v) is 22.0. The third kappa shape index (κ3) is 6.46. The highest BCUT2D eigenvalue weighted by molar-refractivity contribution is 14.0. The molecular weight excluding hydrogens is 499 g/mol. The number of hydrogen-bond donors (Lipinski definition) is 2. The maximum Gasteiger partial charge on any atom is 0.191 e. The van der Waals surface area contributed by atoms with Gasteiger partial charge in [0.25, 0.3) is 0 Å². The van der Waals surface area contributed by atoms with Gasteiger partial charge in [-0.3, -0.25) is 0 Å². The lowest BCUT2D eigenvalue weighted by Gasteiger charge is -2.55. The first-order valence-electron chi connectivity index (χ1n) is 10.5. The number of nitrogens with one attached hydrogen (secondary N) is 2. The largest absolute Gasteiger partial charge is 0.378 e. The maximum atomic E-state index is 6.02. The van der Waals surface area contributed by atoms with Crippen LogP contribution in [0.25, 0.3) is 0 Å². The summed E-state index contributed by atoms with van der Waals surface area (Å²) in [6.45, 7) is 10.8. The van der Waals surface area contributed by atoms with Crippen LogP contribution in [0.3, 0.4) is 0 Å². The Morgan fingerprint density at radius 1 is 1.31 bits per heavy atom. The molecule has 0 bridgehead atoms. The quantitative estimate of drug-likeness (QED) is 0.194. The van der Waals surface area contributed by atoms with E-state index in [0.29, 0.717) is 18.7 Å². The smallest absolute Gasteiger partial charge is 0.191 e. The Morgan fingerprint density at radius 2 is 2.03 bits per heavy atom. The Balaban J connectivity index is 0.00000420. The molecule has 1 fully saturated rings. The van der Waals surface area contributed by atoms with Crippen LogP contribution in [0.5, 0.6) is 0 Å². The third-order valence-electron chi connectivity index (χ3n) is 6.16. The number of aromatic nitrogens is 3. The summed E-state index contributed by atoms with van der Waals surface area (Å²) in [6, 6.07) is 0.382. The first kappa shape index (κ1) is 26.5. The number of hydrogen-bond acceptors (Lipinski definition) is 5. The summed E-state index contributed by atoms with van der Waals surface area (Å²) < 4.78 is 8.02. The number of rotatable bonds is 11. The Kier molecular flexibility index (Phi) is 11.9. The van der Waals surface area contributed by atoms with Crippen molar-refractivity contribution in [3.63, 3.8) is 0 Å². The van der Waals surface area contributed by atoms with Gasteiger partial charge in [0, 0.05) is 31.7 Å². The summed E-state index contributed by atoms with van der Waals surface area (Å²) in [6.07, 6.45) is 6.84. The molecule has 2 N–H and O–H groups in total. The Bertz CT molecular complexity index is 634. The normalized spacial score (nSPS) is 20.7. The summed E-state index contributed by atoms with van der Waals surface area (Å²) in [5.41, 5.74) is 0.180. The monoisotopic (exact) mass is 538 g/mol. The summed E-state index contributed by atoms with van der Waals surface area (Å²) in [5, 5.41) is 15.6. The minimum Gasteiger partial charge on any atom is -0.378 e. The van der Waals surface area contributed by atoms with Crippen molar-refractivity contribution in [2.24, 2.45) is 17.5 Å². The van der Waals surface area contributed by atoms with E-state index in [0.717, 1.165) is 62.2 Å². The highest BCUT2D eigenvalue weighted by atomic mass is 127. The molecule has 1 aromatic heterocycles. The van der Waals surface area contributed by atoms with Crippen LogP contribution in [-0.2, 0) is 18.3 Å². The summed E-state index contributed by atoms with van der Waals surface area (Å²) in [4.78, 5) is 4.82. The van der Waals surface area contributed by atoms with Gasteiger partial charge in [0.15, 0.2) is 11.8 Å². The van der Waals surface area contributed by atoms with Crippen LogP contribution in [0.2, 0.25) is 0 Å². The van der Waals surface area contributed by atoms with Crippen LogP contribution < -0.4 is 10.6 Å². The van der Waals surface area contributed by atoms with Gasteiger partial charge >= 0.3 is 0 Å². The van der Waals surface area contributed by atoms with E-state index in [4.69, 9.17) is 9.73 Å². The van der Waals surface area contributed by atoms with Crippen molar-refractivity contribution in [1.29, 1.82) is 0 Å². The number of aliphatic imine (C=N–C) groups is 1. The van der Waals surface area contributed by atoms with Crippen molar-refractivity contribution >= 4 is 41.7 Å². The van der Waals surface area contributed by atoms with Crippen molar-refractivity contribution in [3.8, 4) is 0 Å². The van der Waals surface area contributed by atoms with Crippen molar-refractivity contribution in [2.45, 2.75) is 72.1 Å². The van der Waals surface area contributed by atoms with Crippen LogP contribution in [0, 0.1) is 12.3 Å². The average Bonchev–Trinajstić information content (AvgIpc) is 3.01. The molecule has 0 aromatic carbocycles. The van der Waals surface area contributed by atoms with Gasteiger partial charge in [-0.25, -0.2) is 4.99 Å². The van der Waals surface area contributed by atoms with Gasteiger partial charge in [-0.1, -0.05) is 13.8 Å². The summed E-state index contributed by atoms with van der Waals surface area (Å²) in [5.74, 6) is 3.79. The number of thioether (sulfide) groups is 1. The molecule has 2 atom stereocenters. The predicted octanol–water partition coefficient (Wildman–Crippen LogP) is 3.51. The van der Waals surface area contributed by atoms with E-state index in [9.17, 15) is 0 Å². The molecule has 1 heterocycles. The van der Waals surface area contributed by atoms with Crippen LogP contribution >= 0.6 is 35.7 Å². The highest BCUT2D eigenvalue weighted by Gasteiger charge is 2.53. The van der Waals surface area contributed by atoms with Gasteiger partial charge in [-0.15, -0.1) is 34.2 Å². The average molecular weight is 539 g/mol. The number of aryl methyl sites for hydroxylation is 1. The third-order valence-corrected chi connectivity index (χ3v) is 6.86. The predicted molar refractivity (Wildman–Crippen MR) is 133 cm³/mol. The van der Waals surface area contributed by atoms with Crippen LogP contribution in [-0.4, -0.2) is 58.0 Å². The fourth-order valence-electron chi connectivity index (χ4n) is 4.06. The Labute approximate surface area is 197 Å². The number of guanidine groups is 1. The van der Waals surface area contributed by atoms with E-state index in [2.05, 4.69) is 47.9 Å². The van der Waals surface area contributed by atoms with Crippen molar-refractivity contribution in [2.75, 3.05) is 25.2 Å². The van der Waals surface area contributed by atoms with Crippen molar-refractivity contribution in [3.05, 3.63) is 11.6 Å². The maximum absolute atomic E-state index is 6.02. The second-order valence-electron chi connectivity index (χ2n) is 7.48. The summed E-state index contributed by atoms with van der Waals surface area (Å²) in [7, 11) is 1.98. The van der Waals surface area contributed by atoms with E-state index in [1.54, 1.807) is 0 Å². The van der Waals surface area contributed by atoms with Crippen molar-refractivity contribution in [1.82, 2.24) is 25.4 Å². The van der Waals surface area contributed by atoms with Crippen LogP contribution in [0.4, 0.5) is 0 Å². The molecular formula is C20H39IN6OS. The molecule has 0 aliphatic heterocycles. The molecule has 1 aromatic rings. The van der Waals surface area contributed by atoms with Gasteiger partial charge < -0.3 is 19.9 Å². The molecule has 0 spiro atoms. The molecule has 9 heteroatoms. The minimum absolute atomic E-state index is 0. The topological polar surface area (TPSA) is 76.4 Å². The van der Waals surface area contributed by atoms with Gasteiger partial charge in [-0.05, 0) is 51.5 Å². The molecule has 0 amide bonds. The van der Waals surface area contributed by atoms with Gasteiger partial charge in [-0.2, -0.15) is 11.8 Å². The molecule has 0 saturated heterocycles. The van der Waals surface area contributed by atoms with Crippen molar-refractivity contribution < 1.29 is 4.74 Å². The molecule has 7 nitrogen and oxygen atoms in total. The fraction of sp³-hybridized carbons (Fsp3) is 0.850. The molecule has 1 aliphatic rings. The summed E-state index contributed by atoms with van der Waals surface area (Å²) >= 11 is 1.87. The second kappa shape index (κ2) is 13.0. The molecule has 0 radical (unpaired) electrons. The standard InChI is InChI=1S/C20H38N6OS.HI/c1-7-20(8-2)16(13-17(20)27-9-3)23-19(21-11-10-12-28-6)22-14-18-25-24-15(4)26(18)5;/h16-17H,7-14H2,1-6H3,(H2,21,22,23);1H. The zero-order valence-electron chi connectivity index (χ0n) is 18.8. The minimum atomic E-state index is 0. The first-order chi connectivity index (χ1) is 13.5. The lowest BCUT2D eigenvalue weighted by Crippen LogP contribution is -2.65. The molecule has 168 valence electrons. The fourth-order valence-corrected chi connectivity index (χ4v) is 4.50. The van der Waals surface area contributed by atoms with E-state index < -0.39 is 0 Å². The van der Waals surface area contributed by atoms with E-state index >= 15 is 0 Å². The molecule has 29 heavy (non-hydrogen) atoms. The SMILES string of the molecule is CCOC1CC(NC(=NCc2nnc(C)n2C)NCCCSC)C1(CC)CC.I. The first-order valence-corrected chi connectivity index (χ1v) is 11.9. The second-order valence-corrected chi connectivity index (χ2v) is 8.46. The van der Waals surface area contributed by atoms with E-state index in [-0.39, 0.29) is 29.4 Å². The van der Waals surface area contributed by atoms with E-state index in [1.807, 2.05) is 30.3 Å². The molecule has 2 unspecified atom stereocenters. The number of halogens is 1. The molecule has 2 rings (SSSR count). The lowest BCUT2D eigenvalue weighted by molar-refractivity contribution is -0.133. The molecule has 1 aliphatic carbocycles. The highest BCUT2D eigenvalue weighted by Crippen LogP contribution is 2.48. The van der Waals surface area contributed by atoms with Gasteiger partial charge in [0.1, 0.15) is 12.4 Å². The number of ether oxygens (including phenoxy) is 1. The van der Waals surface area contributed by atoms with Crippen LogP contribution in [0.15, 0.2) is 4.99 Å². The number of nitrogens with zero attached hydrogens (tertiary/aromatic N) is 4. The molecule has 1 saturated carbocycles. The Morgan fingerprint density at radius 3 is 2.59 bits per heavy atom. The van der Waals surface area contributed by atoms with E-state index in [1.165, 1.54) is 0 Å². The lowest BCUT2D eigenvalue weighted by atomic mass is 9.58. The zero-order chi connectivity index (χ0) is 20.6. The van der Waals surface area contributed by atoms with Crippen LogP contribution in [0.1, 0.15) is 58.1 Å². The van der Waals surface area contributed by atoms with Gasteiger partial charge in [0.2, 0.25) is 0 Å².